The van der Waals surface area contributed by atoms with Crippen LogP contribution in [0.5, 0.6) is 0 Å². The van der Waals surface area contributed by atoms with E-state index >= 15 is 0 Å². The fourth-order valence-electron chi connectivity index (χ4n) is 3.93. The lowest BCUT2D eigenvalue weighted by atomic mass is 9.97. The van der Waals surface area contributed by atoms with E-state index in [1.165, 1.54) is 22.6 Å². The highest BCUT2D eigenvalue weighted by Gasteiger charge is 2.48. The summed E-state index contributed by atoms with van der Waals surface area (Å²) < 4.78 is 54.9. The highest BCUT2D eigenvalue weighted by molar-refractivity contribution is 9.10. The molecule has 0 radical (unpaired) electrons. The maximum atomic E-state index is 13.8. The minimum absolute atomic E-state index is 0.00291. The highest BCUT2D eigenvalue weighted by atomic mass is 79.9. The number of hydrogen-bond acceptors (Lipinski definition) is 9. The molecule has 4 rings (SSSR count). The van der Waals surface area contributed by atoms with Crippen LogP contribution in [0.1, 0.15) is 18.9 Å². The Labute approximate surface area is 226 Å². The summed E-state index contributed by atoms with van der Waals surface area (Å²) in [6, 6.07) is 2.30. The number of benzene rings is 1. The summed E-state index contributed by atoms with van der Waals surface area (Å²) in [5, 5.41) is 37.9. The number of aliphatic hydroxyl groups is 2. The normalized spacial score (nSPS) is 23.5. The zero-order valence-electron chi connectivity index (χ0n) is 19.5. The number of aromatic nitrogens is 4. The summed E-state index contributed by atoms with van der Waals surface area (Å²) in [6.07, 6.45) is 1.12. The predicted octanol–water partition coefficient (Wildman–Crippen LogP) is 3.18. The van der Waals surface area contributed by atoms with Gasteiger partial charge in [-0.05, 0) is 40.5 Å². The molecule has 1 saturated heterocycles. The Morgan fingerprint density at radius 1 is 1.21 bits per heavy atom. The topological polar surface area (TPSA) is 140 Å². The molecule has 1 aromatic carbocycles. The van der Waals surface area contributed by atoms with E-state index in [1.807, 2.05) is 0 Å². The van der Waals surface area contributed by atoms with Gasteiger partial charge in [0.1, 0.15) is 35.5 Å². The van der Waals surface area contributed by atoms with Gasteiger partial charge < -0.3 is 24.8 Å². The van der Waals surface area contributed by atoms with E-state index in [0.29, 0.717) is 9.37 Å². The molecule has 2 aromatic heterocycles. The molecule has 38 heavy (non-hydrogen) atoms. The van der Waals surface area contributed by atoms with Crippen molar-refractivity contribution >= 4 is 33.7 Å². The molecule has 0 bridgehead atoms. The molecular formula is C23H22BrF3N4O6S. The second-order valence-corrected chi connectivity index (χ2v) is 10.4. The Balaban J connectivity index is 1.68. The van der Waals surface area contributed by atoms with Crippen molar-refractivity contribution in [3.05, 3.63) is 58.7 Å². The molecule has 3 aromatic rings. The van der Waals surface area contributed by atoms with Crippen molar-refractivity contribution in [3.63, 3.8) is 0 Å². The van der Waals surface area contributed by atoms with Gasteiger partial charge in [-0.25, -0.2) is 17.9 Å². The molecule has 204 valence electrons. The standard InChI is InChI=1S/C23H22BrF3N4O6S/c24-12-6-13(8-28-7-12)38-23-22(36-3-1-2-18(33)34)20(21(35)17(10-32)37-23)31-9-16(29-30-31)11-4-14(25)19(27)15(26)5-11/h4-9,17,20-23,32,35H,1-3,10H2,(H,33,34)/t17?,20-,21-,22?,23+/m0/s1. The first-order valence-corrected chi connectivity index (χ1v) is 13.0. The number of hydrogen-bond donors (Lipinski definition) is 3. The number of thioether (sulfide) groups is 1. The summed E-state index contributed by atoms with van der Waals surface area (Å²) in [6.45, 7) is -0.551. The Bertz CT molecular complexity index is 1260. The van der Waals surface area contributed by atoms with Gasteiger partial charge in [0.15, 0.2) is 17.5 Å². The molecule has 5 atom stereocenters. The highest BCUT2D eigenvalue weighted by Crippen LogP contribution is 2.40. The average molecular weight is 619 g/mol. The first kappa shape index (κ1) is 28.4. The Morgan fingerprint density at radius 2 is 1.95 bits per heavy atom. The third-order valence-corrected chi connectivity index (χ3v) is 7.24. The van der Waals surface area contributed by atoms with Crippen molar-refractivity contribution in [3.8, 4) is 11.3 Å². The molecule has 0 spiro atoms. The third kappa shape index (κ3) is 6.52. The van der Waals surface area contributed by atoms with E-state index < -0.39 is 59.8 Å². The SMILES string of the molecule is O=C(O)CCCOC1[C@@H](Sc2cncc(Br)c2)OC(CO)[C@H](O)[C@@H]1n1cc(-c2cc(F)c(F)c(F)c2)nn1. The molecule has 10 nitrogen and oxygen atoms in total. The number of aliphatic carboxylic acids is 1. The molecule has 2 unspecified atom stereocenters. The number of carbonyl (C=O) groups is 1. The molecule has 0 aliphatic carbocycles. The van der Waals surface area contributed by atoms with E-state index in [4.69, 9.17) is 14.6 Å². The van der Waals surface area contributed by atoms with Crippen LogP contribution in [0.3, 0.4) is 0 Å². The largest absolute Gasteiger partial charge is 0.481 e. The van der Waals surface area contributed by atoms with Crippen LogP contribution in [-0.2, 0) is 14.3 Å². The first-order chi connectivity index (χ1) is 18.2. The van der Waals surface area contributed by atoms with Crippen molar-refractivity contribution < 1.29 is 42.8 Å². The molecule has 1 aliphatic heterocycles. The summed E-state index contributed by atoms with van der Waals surface area (Å²) in [5.41, 5.74) is -0.917. The maximum absolute atomic E-state index is 13.8. The van der Waals surface area contributed by atoms with Crippen LogP contribution in [0.25, 0.3) is 11.3 Å². The van der Waals surface area contributed by atoms with Crippen LogP contribution in [0.2, 0.25) is 0 Å². The lowest BCUT2D eigenvalue weighted by molar-refractivity contribution is -0.193. The van der Waals surface area contributed by atoms with E-state index in [9.17, 15) is 28.2 Å². The molecule has 0 saturated carbocycles. The monoisotopic (exact) mass is 618 g/mol. The van der Waals surface area contributed by atoms with Crippen molar-refractivity contribution in [2.75, 3.05) is 13.2 Å². The fraction of sp³-hybridized carbons (Fsp3) is 0.391. The van der Waals surface area contributed by atoms with Crippen LogP contribution in [0.4, 0.5) is 13.2 Å². The van der Waals surface area contributed by atoms with E-state index in [1.54, 1.807) is 18.5 Å². The maximum Gasteiger partial charge on any atom is 0.303 e. The molecule has 15 heteroatoms. The zero-order valence-corrected chi connectivity index (χ0v) is 21.9. The number of halogens is 4. The van der Waals surface area contributed by atoms with E-state index in [0.717, 1.165) is 12.1 Å². The van der Waals surface area contributed by atoms with Crippen molar-refractivity contribution in [1.29, 1.82) is 0 Å². The second-order valence-electron chi connectivity index (χ2n) is 8.33. The number of pyridine rings is 1. The molecule has 1 aliphatic rings. The smallest absolute Gasteiger partial charge is 0.303 e. The lowest BCUT2D eigenvalue weighted by Gasteiger charge is -2.43. The minimum Gasteiger partial charge on any atom is -0.481 e. The molecule has 3 heterocycles. The number of rotatable bonds is 10. The van der Waals surface area contributed by atoms with Gasteiger partial charge in [0.2, 0.25) is 0 Å². The van der Waals surface area contributed by atoms with Gasteiger partial charge in [-0.2, -0.15) is 0 Å². The minimum atomic E-state index is -1.62. The van der Waals surface area contributed by atoms with Gasteiger partial charge in [-0.15, -0.1) is 5.10 Å². The van der Waals surface area contributed by atoms with Gasteiger partial charge in [-0.3, -0.25) is 9.78 Å². The van der Waals surface area contributed by atoms with Gasteiger partial charge >= 0.3 is 5.97 Å². The van der Waals surface area contributed by atoms with Gasteiger partial charge in [-0.1, -0.05) is 17.0 Å². The summed E-state index contributed by atoms with van der Waals surface area (Å²) in [5.74, 6) is -5.43. The number of carboxylic acid groups (broad SMARTS) is 1. The number of nitrogens with zero attached hydrogens (tertiary/aromatic N) is 4. The van der Waals surface area contributed by atoms with Crippen molar-refractivity contribution in [1.82, 2.24) is 20.0 Å². The number of aliphatic hydroxyl groups excluding tert-OH is 2. The van der Waals surface area contributed by atoms with E-state index in [-0.39, 0.29) is 30.7 Å². The van der Waals surface area contributed by atoms with Crippen LogP contribution in [0, 0.1) is 17.5 Å². The first-order valence-electron chi connectivity index (χ1n) is 11.3. The number of carboxylic acids is 1. The second kappa shape index (κ2) is 12.5. The van der Waals surface area contributed by atoms with Crippen molar-refractivity contribution in [2.24, 2.45) is 0 Å². The van der Waals surface area contributed by atoms with Gasteiger partial charge in [0, 0.05) is 40.4 Å². The van der Waals surface area contributed by atoms with Gasteiger partial charge in [0.25, 0.3) is 0 Å². The number of ether oxygens (including phenoxy) is 2. The van der Waals surface area contributed by atoms with E-state index in [2.05, 4.69) is 31.2 Å². The average Bonchev–Trinajstić information content (AvgIpc) is 3.36. The molecule has 0 amide bonds. The summed E-state index contributed by atoms with van der Waals surface area (Å²) in [7, 11) is 0. The molecule has 3 N–H and O–H groups in total. The quantitative estimate of drug-likeness (QED) is 0.229. The lowest BCUT2D eigenvalue weighted by Crippen LogP contribution is -2.56. The fourth-order valence-corrected chi connectivity index (χ4v) is 5.60. The Morgan fingerprint density at radius 3 is 2.61 bits per heavy atom. The molecule has 1 fully saturated rings. The van der Waals surface area contributed by atoms with Crippen LogP contribution >= 0.6 is 27.7 Å². The Hall–Kier alpha value is -2.56. The third-order valence-electron chi connectivity index (χ3n) is 5.70. The summed E-state index contributed by atoms with van der Waals surface area (Å²) >= 11 is 4.55. The van der Waals surface area contributed by atoms with Crippen LogP contribution in [-0.4, -0.2) is 78.2 Å². The van der Waals surface area contributed by atoms with Crippen molar-refractivity contribution in [2.45, 2.75) is 47.5 Å². The summed E-state index contributed by atoms with van der Waals surface area (Å²) in [4.78, 5) is 15.7. The molecular weight excluding hydrogens is 597 g/mol. The predicted molar refractivity (Wildman–Crippen MR) is 131 cm³/mol. The zero-order chi connectivity index (χ0) is 27.4. The van der Waals surface area contributed by atoms with Gasteiger partial charge in [0.05, 0.1) is 12.8 Å². The van der Waals surface area contributed by atoms with Crippen LogP contribution in [0.15, 0.2) is 46.2 Å². The van der Waals surface area contributed by atoms with Crippen LogP contribution < -0.4 is 0 Å². The Kier molecular flexibility index (Phi) is 9.38.